The summed E-state index contributed by atoms with van der Waals surface area (Å²) in [5.74, 6) is 0. The summed E-state index contributed by atoms with van der Waals surface area (Å²) < 4.78 is 6.14. The molecule has 0 amide bonds. The van der Waals surface area contributed by atoms with E-state index in [1.165, 1.54) is 33.0 Å². The van der Waals surface area contributed by atoms with Crippen molar-refractivity contribution in [3.63, 3.8) is 0 Å². The number of benzene rings is 8. The molecule has 0 aliphatic carbocycles. The van der Waals surface area contributed by atoms with Crippen LogP contribution in [0.4, 0.5) is 17.1 Å². The van der Waals surface area contributed by atoms with Crippen LogP contribution in [-0.2, 0) is 0 Å². The first-order valence-corrected chi connectivity index (χ1v) is 16.3. The fourth-order valence-corrected chi connectivity index (χ4v) is 6.96. The maximum atomic E-state index is 6.14. The Bertz CT molecular complexity index is 2560. The van der Waals surface area contributed by atoms with Crippen molar-refractivity contribution in [1.82, 2.24) is 0 Å². The van der Waals surface area contributed by atoms with Crippen LogP contribution in [0.25, 0.3) is 66.1 Å². The molecule has 8 aromatic carbocycles. The number of hydrogen-bond acceptors (Lipinski definition) is 2. The molecule has 1 aromatic heterocycles. The van der Waals surface area contributed by atoms with Crippen LogP contribution in [0.1, 0.15) is 0 Å². The molecular weight excluding hydrogens is 583 g/mol. The molecule has 0 unspecified atom stereocenters. The van der Waals surface area contributed by atoms with E-state index in [1.54, 1.807) is 0 Å². The largest absolute Gasteiger partial charge is 0.456 e. The van der Waals surface area contributed by atoms with E-state index in [0.717, 1.165) is 50.1 Å². The summed E-state index contributed by atoms with van der Waals surface area (Å²) in [7, 11) is 0. The van der Waals surface area contributed by atoms with Crippen LogP contribution in [0.15, 0.2) is 192 Å². The molecule has 0 saturated carbocycles. The standard InChI is InChI=1S/C46H31NO/c1-3-13-33(14-4-1)41-27-25-36(40-23-12-16-32-15-7-8-21-39(32)40)31-44(41)47(37-18-5-2-6-19-37)38-20-11-17-34(29-38)35-26-28-46-43(30-35)42-22-9-10-24-45(42)48-46/h1-31H. The van der Waals surface area contributed by atoms with Crippen LogP contribution < -0.4 is 4.90 Å². The maximum Gasteiger partial charge on any atom is 0.135 e. The zero-order valence-corrected chi connectivity index (χ0v) is 26.3. The van der Waals surface area contributed by atoms with Gasteiger partial charge in [0.2, 0.25) is 0 Å². The molecule has 9 aromatic rings. The number of furan rings is 1. The Morgan fingerprint density at radius 3 is 1.83 bits per heavy atom. The summed E-state index contributed by atoms with van der Waals surface area (Å²) in [6.45, 7) is 0. The molecule has 9 rings (SSSR count). The van der Waals surface area contributed by atoms with Crippen molar-refractivity contribution in [2.75, 3.05) is 4.90 Å². The van der Waals surface area contributed by atoms with Crippen molar-refractivity contribution >= 4 is 49.8 Å². The van der Waals surface area contributed by atoms with E-state index in [1.807, 2.05) is 12.1 Å². The number of anilines is 3. The summed E-state index contributed by atoms with van der Waals surface area (Å²) in [4.78, 5) is 2.40. The molecular formula is C46H31NO. The van der Waals surface area contributed by atoms with Gasteiger partial charge in [-0.25, -0.2) is 0 Å². The predicted molar refractivity (Wildman–Crippen MR) is 202 cm³/mol. The second kappa shape index (κ2) is 11.8. The number of hydrogen-bond donors (Lipinski definition) is 0. The molecule has 226 valence electrons. The van der Waals surface area contributed by atoms with Crippen LogP contribution in [0.3, 0.4) is 0 Å². The van der Waals surface area contributed by atoms with Crippen molar-refractivity contribution in [3.8, 4) is 33.4 Å². The Hall–Kier alpha value is -6.38. The molecule has 0 spiro atoms. The van der Waals surface area contributed by atoms with Gasteiger partial charge in [-0.15, -0.1) is 0 Å². The average molecular weight is 614 g/mol. The van der Waals surface area contributed by atoms with Gasteiger partial charge in [-0.2, -0.15) is 0 Å². The van der Waals surface area contributed by atoms with E-state index < -0.39 is 0 Å². The predicted octanol–water partition coefficient (Wildman–Crippen LogP) is 13.2. The van der Waals surface area contributed by atoms with E-state index in [9.17, 15) is 0 Å². The molecule has 2 nitrogen and oxygen atoms in total. The van der Waals surface area contributed by atoms with Crippen molar-refractivity contribution in [2.45, 2.75) is 0 Å². The van der Waals surface area contributed by atoms with Gasteiger partial charge in [0.1, 0.15) is 11.2 Å². The Kier molecular flexibility index (Phi) is 6.84. The van der Waals surface area contributed by atoms with Gasteiger partial charge in [-0.1, -0.05) is 140 Å². The normalized spacial score (nSPS) is 11.3. The van der Waals surface area contributed by atoms with Gasteiger partial charge in [0.05, 0.1) is 5.69 Å². The van der Waals surface area contributed by atoms with Crippen LogP contribution in [-0.4, -0.2) is 0 Å². The summed E-state index contributed by atoms with van der Waals surface area (Å²) in [6.07, 6.45) is 0. The molecule has 0 saturated heterocycles. The van der Waals surface area contributed by atoms with Gasteiger partial charge in [-0.3, -0.25) is 0 Å². The Balaban J connectivity index is 1.26. The third kappa shape index (κ3) is 4.92. The van der Waals surface area contributed by atoms with E-state index in [2.05, 4.69) is 181 Å². The molecule has 0 N–H and O–H groups in total. The highest BCUT2D eigenvalue weighted by Crippen LogP contribution is 2.44. The van der Waals surface area contributed by atoms with Crippen LogP contribution in [0.2, 0.25) is 0 Å². The summed E-state index contributed by atoms with van der Waals surface area (Å²) in [5.41, 5.74) is 12.1. The van der Waals surface area contributed by atoms with Crippen molar-refractivity contribution in [3.05, 3.63) is 188 Å². The summed E-state index contributed by atoms with van der Waals surface area (Å²) in [6, 6.07) is 67.1. The first-order valence-electron chi connectivity index (χ1n) is 16.3. The van der Waals surface area contributed by atoms with Crippen LogP contribution in [0, 0.1) is 0 Å². The molecule has 0 fully saturated rings. The molecule has 1 heterocycles. The van der Waals surface area contributed by atoms with Gasteiger partial charge >= 0.3 is 0 Å². The number of para-hydroxylation sites is 2. The lowest BCUT2D eigenvalue weighted by atomic mass is 9.94. The quantitative estimate of drug-likeness (QED) is 0.185. The molecule has 0 aliphatic heterocycles. The first kappa shape index (κ1) is 27.9. The Labute approximate surface area is 279 Å². The lowest BCUT2D eigenvalue weighted by molar-refractivity contribution is 0.669. The van der Waals surface area contributed by atoms with E-state index in [-0.39, 0.29) is 0 Å². The molecule has 48 heavy (non-hydrogen) atoms. The molecule has 0 bridgehead atoms. The highest BCUT2D eigenvalue weighted by Gasteiger charge is 2.20. The number of rotatable bonds is 6. The maximum absolute atomic E-state index is 6.14. The minimum Gasteiger partial charge on any atom is -0.456 e. The lowest BCUT2D eigenvalue weighted by Gasteiger charge is -2.29. The van der Waals surface area contributed by atoms with Crippen LogP contribution >= 0.6 is 0 Å². The monoisotopic (exact) mass is 613 g/mol. The van der Waals surface area contributed by atoms with Crippen molar-refractivity contribution in [2.24, 2.45) is 0 Å². The summed E-state index contributed by atoms with van der Waals surface area (Å²) in [5, 5.41) is 4.74. The SMILES string of the molecule is c1ccc(-c2ccc(-c3cccc4ccccc34)cc2N(c2ccccc2)c2cccc(-c3ccc4oc5ccccc5c4c3)c2)cc1. The lowest BCUT2D eigenvalue weighted by Crippen LogP contribution is -2.11. The highest BCUT2D eigenvalue weighted by molar-refractivity contribution is 6.06. The topological polar surface area (TPSA) is 16.4 Å². The zero-order valence-electron chi connectivity index (χ0n) is 26.3. The van der Waals surface area contributed by atoms with Crippen molar-refractivity contribution < 1.29 is 4.42 Å². The Morgan fingerprint density at radius 2 is 0.958 bits per heavy atom. The second-order valence-electron chi connectivity index (χ2n) is 12.2. The molecule has 0 aliphatic rings. The highest BCUT2D eigenvalue weighted by atomic mass is 16.3. The Morgan fingerprint density at radius 1 is 0.333 bits per heavy atom. The molecule has 0 atom stereocenters. The number of fused-ring (bicyclic) bond motifs is 4. The van der Waals surface area contributed by atoms with Gasteiger partial charge in [-0.05, 0) is 87.1 Å². The van der Waals surface area contributed by atoms with Gasteiger partial charge < -0.3 is 9.32 Å². The fraction of sp³-hybridized carbons (Fsp3) is 0. The van der Waals surface area contributed by atoms with Gasteiger partial charge in [0.25, 0.3) is 0 Å². The smallest absolute Gasteiger partial charge is 0.135 e. The van der Waals surface area contributed by atoms with Crippen molar-refractivity contribution in [1.29, 1.82) is 0 Å². The van der Waals surface area contributed by atoms with Gasteiger partial charge in [0.15, 0.2) is 0 Å². The molecule has 0 radical (unpaired) electrons. The summed E-state index contributed by atoms with van der Waals surface area (Å²) >= 11 is 0. The third-order valence-electron chi connectivity index (χ3n) is 9.25. The van der Waals surface area contributed by atoms with Crippen LogP contribution in [0.5, 0.6) is 0 Å². The second-order valence-corrected chi connectivity index (χ2v) is 12.2. The number of nitrogens with zero attached hydrogens (tertiary/aromatic N) is 1. The minimum absolute atomic E-state index is 0.903. The average Bonchev–Trinajstić information content (AvgIpc) is 3.54. The minimum atomic E-state index is 0.903. The van der Waals surface area contributed by atoms with E-state index in [4.69, 9.17) is 4.42 Å². The molecule has 2 heteroatoms. The van der Waals surface area contributed by atoms with Gasteiger partial charge in [0, 0.05) is 27.7 Å². The first-order chi connectivity index (χ1) is 23.8. The van der Waals surface area contributed by atoms with E-state index in [0.29, 0.717) is 0 Å². The van der Waals surface area contributed by atoms with E-state index >= 15 is 0 Å². The zero-order chi connectivity index (χ0) is 31.9. The fourth-order valence-electron chi connectivity index (χ4n) is 6.96. The third-order valence-corrected chi connectivity index (χ3v) is 9.25.